The van der Waals surface area contributed by atoms with Crippen LogP contribution in [0.2, 0.25) is 0 Å². The summed E-state index contributed by atoms with van der Waals surface area (Å²) in [5.74, 6) is -2.03. The van der Waals surface area contributed by atoms with Gasteiger partial charge in [-0.2, -0.15) is 0 Å². The van der Waals surface area contributed by atoms with E-state index in [4.69, 9.17) is 9.47 Å². The molecule has 2 unspecified atom stereocenters. The normalized spacial score (nSPS) is 33.8. The van der Waals surface area contributed by atoms with E-state index < -0.39 is 33.4 Å². The Morgan fingerprint density at radius 3 is 2.68 bits per heavy atom. The summed E-state index contributed by atoms with van der Waals surface area (Å²) in [7, 11) is 0. The highest BCUT2D eigenvalue weighted by molar-refractivity contribution is 8.02. The van der Waals surface area contributed by atoms with Crippen molar-refractivity contribution in [1.29, 1.82) is 0 Å². The molecule has 4 aliphatic rings. The molecule has 6 atom stereocenters. The lowest BCUT2D eigenvalue weighted by Crippen LogP contribution is -2.57. The Labute approximate surface area is 224 Å². The molecule has 4 fully saturated rings. The molecule has 4 heterocycles. The zero-order valence-electron chi connectivity index (χ0n) is 22.1. The number of aliphatic hydroxyl groups excluding tert-OH is 1. The first-order chi connectivity index (χ1) is 17.7. The van der Waals surface area contributed by atoms with E-state index in [1.807, 2.05) is 6.92 Å². The maximum atomic E-state index is 14.3. The number of amides is 2. The monoisotopic (exact) mass is 535 g/mol. The Balaban J connectivity index is 1.64. The minimum absolute atomic E-state index is 0.137. The van der Waals surface area contributed by atoms with Crippen LogP contribution in [0.4, 0.5) is 0 Å². The average molecular weight is 536 g/mol. The van der Waals surface area contributed by atoms with Crippen LogP contribution in [0.15, 0.2) is 25.3 Å². The first-order valence-electron chi connectivity index (χ1n) is 13.3. The van der Waals surface area contributed by atoms with Crippen molar-refractivity contribution in [2.45, 2.75) is 54.7 Å². The predicted molar refractivity (Wildman–Crippen MR) is 142 cm³/mol. The van der Waals surface area contributed by atoms with Crippen molar-refractivity contribution < 1.29 is 29.0 Å². The zero-order valence-corrected chi connectivity index (χ0v) is 22.9. The highest BCUT2D eigenvalue weighted by Gasteiger charge is 2.78. The number of rotatable bonds is 12. The molecule has 1 spiro atoms. The van der Waals surface area contributed by atoms with Gasteiger partial charge < -0.3 is 24.4 Å². The Bertz CT molecular complexity index is 911. The Morgan fingerprint density at radius 1 is 1.30 bits per heavy atom. The van der Waals surface area contributed by atoms with Crippen molar-refractivity contribution in [2.24, 2.45) is 11.8 Å². The number of ether oxygens (including phenoxy) is 2. The van der Waals surface area contributed by atoms with Gasteiger partial charge in [-0.15, -0.1) is 24.9 Å². The SMILES string of the molecule is C=CCCOC(=O)[C@H]1[C@H]2C(=O)N([C@H](C)CO)C(C(=O)N(CC=C)CCN3CCOCC3)C23CC[C@]1(C)S3. The van der Waals surface area contributed by atoms with Gasteiger partial charge in [0.25, 0.3) is 0 Å². The maximum absolute atomic E-state index is 14.3. The second-order valence-electron chi connectivity index (χ2n) is 10.8. The number of carbonyl (C=O) groups excluding carboxylic acids is 3. The summed E-state index contributed by atoms with van der Waals surface area (Å²) in [5, 5.41) is 10.1. The maximum Gasteiger partial charge on any atom is 0.311 e. The van der Waals surface area contributed by atoms with Crippen LogP contribution in [0, 0.1) is 11.8 Å². The average Bonchev–Trinajstić information content (AvgIpc) is 3.47. The highest BCUT2D eigenvalue weighted by atomic mass is 32.2. The smallest absolute Gasteiger partial charge is 0.311 e. The van der Waals surface area contributed by atoms with Gasteiger partial charge in [-0.1, -0.05) is 12.2 Å². The third kappa shape index (κ3) is 4.97. The highest BCUT2D eigenvalue weighted by Crippen LogP contribution is 2.71. The fraction of sp³-hybridized carbons (Fsp3) is 0.741. The number of aliphatic hydroxyl groups is 1. The molecule has 0 aromatic heterocycles. The number of esters is 1. The van der Waals surface area contributed by atoms with Crippen LogP contribution in [0.5, 0.6) is 0 Å². The fourth-order valence-corrected chi connectivity index (χ4v) is 8.93. The first-order valence-corrected chi connectivity index (χ1v) is 14.2. The molecule has 0 saturated carbocycles. The molecule has 1 N–H and O–H groups in total. The van der Waals surface area contributed by atoms with Crippen molar-refractivity contribution >= 4 is 29.5 Å². The number of fused-ring (bicyclic) bond motifs is 1. The van der Waals surface area contributed by atoms with E-state index in [1.54, 1.807) is 40.6 Å². The molecular weight excluding hydrogens is 494 g/mol. The number of thioether (sulfide) groups is 1. The molecule has 206 valence electrons. The minimum Gasteiger partial charge on any atom is -0.465 e. The molecule has 0 aromatic rings. The second-order valence-corrected chi connectivity index (χ2v) is 12.7. The molecule has 4 rings (SSSR count). The van der Waals surface area contributed by atoms with Crippen molar-refractivity contribution in [3.05, 3.63) is 25.3 Å². The van der Waals surface area contributed by atoms with Gasteiger partial charge in [0.05, 0.1) is 49.1 Å². The molecule has 9 nitrogen and oxygen atoms in total. The van der Waals surface area contributed by atoms with Crippen LogP contribution in [0.25, 0.3) is 0 Å². The van der Waals surface area contributed by atoms with Gasteiger partial charge in [0.2, 0.25) is 11.8 Å². The molecule has 10 heteroatoms. The molecule has 0 aliphatic carbocycles. The third-order valence-corrected chi connectivity index (χ3v) is 10.4. The summed E-state index contributed by atoms with van der Waals surface area (Å²) in [6, 6.07) is -1.30. The first kappa shape index (κ1) is 28.1. The number of carbonyl (C=O) groups is 3. The van der Waals surface area contributed by atoms with Gasteiger partial charge in [-0.25, -0.2) is 0 Å². The van der Waals surface area contributed by atoms with Gasteiger partial charge in [-0.05, 0) is 33.1 Å². The van der Waals surface area contributed by atoms with E-state index in [-0.39, 0.29) is 31.0 Å². The number of nitrogens with zero attached hydrogens (tertiary/aromatic N) is 3. The van der Waals surface area contributed by atoms with E-state index in [1.165, 1.54) is 0 Å². The number of morpholine rings is 1. The molecular formula is C27H41N3O6S. The van der Waals surface area contributed by atoms with Gasteiger partial charge >= 0.3 is 5.97 Å². The summed E-state index contributed by atoms with van der Waals surface area (Å²) < 4.78 is 9.82. The van der Waals surface area contributed by atoms with E-state index in [9.17, 15) is 19.5 Å². The number of likely N-dealkylation sites (tertiary alicyclic amines) is 1. The Morgan fingerprint density at radius 2 is 2.03 bits per heavy atom. The summed E-state index contributed by atoms with van der Waals surface area (Å²) >= 11 is 1.62. The van der Waals surface area contributed by atoms with Gasteiger partial charge in [0.15, 0.2) is 0 Å². The predicted octanol–water partition coefficient (Wildman–Crippen LogP) is 1.31. The third-order valence-electron chi connectivity index (χ3n) is 8.46. The van der Waals surface area contributed by atoms with Crippen molar-refractivity contribution in [3.8, 4) is 0 Å². The Hall–Kier alpha value is -1.88. The molecule has 2 bridgehead atoms. The molecule has 4 saturated heterocycles. The van der Waals surface area contributed by atoms with Crippen LogP contribution in [0.3, 0.4) is 0 Å². The van der Waals surface area contributed by atoms with Crippen molar-refractivity contribution in [3.63, 3.8) is 0 Å². The summed E-state index contributed by atoms with van der Waals surface area (Å²) in [4.78, 5) is 47.3. The topological polar surface area (TPSA) is 99.6 Å². The van der Waals surface area contributed by atoms with E-state index in [0.717, 1.165) is 19.5 Å². The van der Waals surface area contributed by atoms with Crippen LogP contribution in [0.1, 0.15) is 33.1 Å². The second kappa shape index (κ2) is 11.5. The molecule has 2 amide bonds. The van der Waals surface area contributed by atoms with Crippen LogP contribution >= 0.6 is 11.8 Å². The molecule has 37 heavy (non-hydrogen) atoms. The van der Waals surface area contributed by atoms with Gasteiger partial charge in [-0.3, -0.25) is 19.3 Å². The minimum atomic E-state index is -0.755. The quantitative estimate of drug-likeness (QED) is 0.227. The lowest BCUT2D eigenvalue weighted by molar-refractivity contribution is -0.156. The van der Waals surface area contributed by atoms with Crippen LogP contribution < -0.4 is 0 Å². The number of hydrogen-bond acceptors (Lipinski definition) is 8. The lowest BCUT2D eigenvalue weighted by Gasteiger charge is -2.39. The van der Waals surface area contributed by atoms with E-state index in [2.05, 4.69) is 18.1 Å². The molecule has 0 aromatic carbocycles. The van der Waals surface area contributed by atoms with E-state index in [0.29, 0.717) is 45.7 Å². The van der Waals surface area contributed by atoms with Gasteiger partial charge in [0, 0.05) is 37.5 Å². The molecule has 4 aliphatic heterocycles. The van der Waals surface area contributed by atoms with Crippen LogP contribution in [-0.2, 0) is 23.9 Å². The standard InChI is InChI=1S/C27H41N3O6S/c1-5-7-15-36-25(34)21-20-23(32)30(19(3)18-31)22(27(20)9-8-26(21,4)37-27)24(33)29(10-6-2)12-11-28-13-16-35-17-14-28/h5-6,19-22,31H,1-2,7-18H2,3-4H3/t19-,20+,21-,22?,26+,27?/m1/s1. The molecule has 0 radical (unpaired) electrons. The van der Waals surface area contributed by atoms with Crippen molar-refractivity contribution in [2.75, 3.05) is 59.2 Å². The van der Waals surface area contributed by atoms with Gasteiger partial charge in [0.1, 0.15) is 6.04 Å². The van der Waals surface area contributed by atoms with Crippen LogP contribution in [-0.4, -0.2) is 118 Å². The summed E-state index contributed by atoms with van der Waals surface area (Å²) in [5.41, 5.74) is 0. The lowest BCUT2D eigenvalue weighted by atomic mass is 9.66. The summed E-state index contributed by atoms with van der Waals surface area (Å²) in [6.45, 7) is 15.9. The largest absolute Gasteiger partial charge is 0.465 e. The fourth-order valence-electron chi connectivity index (χ4n) is 6.60. The van der Waals surface area contributed by atoms with E-state index >= 15 is 0 Å². The number of hydrogen-bond donors (Lipinski definition) is 1. The zero-order chi connectivity index (χ0) is 26.8. The van der Waals surface area contributed by atoms with Crippen molar-refractivity contribution in [1.82, 2.24) is 14.7 Å². The summed E-state index contributed by atoms with van der Waals surface area (Å²) in [6.07, 6.45) is 5.33. The Kier molecular flexibility index (Phi) is 8.72.